The quantitative estimate of drug-likeness (QED) is 0.801. The van der Waals surface area contributed by atoms with E-state index in [0.717, 1.165) is 36.8 Å². The van der Waals surface area contributed by atoms with Gasteiger partial charge in [0.15, 0.2) is 6.29 Å². The predicted molar refractivity (Wildman–Crippen MR) is 81.5 cm³/mol. The van der Waals surface area contributed by atoms with Gasteiger partial charge in [0.2, 0.25) is 0 Å². The van der Waals surface area contributed by atoms with Crippen molar-refractivity contribution < 1.29 is 4.79 Å². The first-order valence-electron chi connectivity index (χ1n) is 7.05. The van der Waals surface area contributed by atoms with E-state index in [1.165, 1.54) is 5.56 Å². The molecule has 4 heteroatoms. The van der Waals surface area contributed by atoms with Crippen LogP contribution < -0.4 is 0 Å². The van der Waals surface area contributed by atoms with Crippen molar-refractivity contribution >= 4 is 28.9 Å². The van der Waals surface area contributed by atoms with E-state index < -0.39 is 0 Å². The van der Waals surface area contributed by atoms with Crippen LogP contribution in [0.3, 0.4) is 0 Å². The summed E-state index contributed by atoms with van der Waals surface area (Å²) in [5.41, 5.74) is 4.77. The van der Waals surface area contributed by atoms with Crippen LogP contribution in [0.1, 0.15) is 48.8 Å². The lowest BCUT2D eigenvalue weighted by Gasteiger charge is -2.34. The van der Waals surface area contributed by atoms with Crippen LogP contribution in [0, 0.1) is 11.3 Å². The second kappa shape index (κ2) is 4.59. The largest absolute Gasteiger partial charge is 0.344 e. The zero-order chi connectivity index (χ0) is 14.5. The van der Waals surface area contributed by atoms with Crippen molar-refractivity contribution in [3.63, 3.8) is 0 Å². The lowest BCUT2D eigenvalue weighted by molar-refractivity contribution is 0.112. The molecule has 0 aromatic carbocycles. The number of nitrogens with one attached hydrogen (secondary N) is 1. The lowest BCUT2D eigenvalue weighted by atomic mass is 9.71. The number of nitrogens with zero attached hydrogens (tertiary/aromatic N) is 1. The average Bonchev–Trinajstić information content (AvgIpc) is 2.68. The van der Waals surface area contributed by atoms with Crippen LogP contribution >= 0.6 is 11.6 Å². The molecule has 0 spiro atoms. The molecule has 0 bridgehead atoms. The summed E-state index contributed by atoms with van der Waals surface area (Å²) in [6.45, 7) is 6.89. The highest BCUT2D eigenvalue weighted by molar-refractivity contribution is 6.33. The van der Waals surface area contributed by atoms with Crippen LogP contribution in [-0.2, 0) is 12.8 Å². The first-order chi connectivity index (χ1) is 9.40. The number of carbonyl (C=O) groups is 1. The third-order valence-corrected chi connectivity index (χ3v) is 4.76. The van der Waals surface area contributed by atoms with Crippen molar-refractivity contribution in [2.45, 2.75) is 40.0 Å². The molecule has 0 aliphatic heterocycles. The Balaban J connectivity index is 2.08. The van der Waals surface area contributed by atoms with E-state index in [1.54, 1.807) is 0 Å². The Labute approximate surface area is 123 Å². The molecule has 0 radical (unpaired) electrons. The first kappa shape index (κ1) is 13.6. The van der Waals surface area contributed by atoms with E-state index in [-0.39, 0.29) is 0 Å². The Kier molecular flexibility index (Phi) is 3.13. The van der Waals surface area contributed by atoms with Gasteiger partial charge in [-0.05, 0) is 42.2 Å². The van der Waals surface area contributed by atoms with Gasteiger partial charge in [-0.25, -0.2) is 0 Å². The highest BCUT2D eigenvalue weighted by Crippen LogP contribution is 2.38. The highest BCUT2D eigenvalue weighted by atomic mass is 35.5. The van der Waals surface area contributed by atoms with Crippen molar-refractivity contribution in [1.82, 2.24) is 9.97 Å². The molecule has 1 aliphatic rings. The summed E-state index contributed by atoms with van der Waals surface area (Å²) in [7, 11) is 0. The van der Waals surface area contributed by atoms with Gasteiger partial charge >= 0.3 is 0 Å². The number of fused-ring (bicyclic) bond motifs is 2. The maximum atomic E-state index is 11.1. The van der Waals surface area contributed by atoms with Crippen LogP contribution in [-0.4, -0.2) is 16.3 Å². The minimum absolute atomic E-state index is 0.313. The molecule has 1 atom stereocenters. The number of halogens is 1. The normalized spacial score (nSPS) is 19.1. The van der Waals surface area contributed by atoms with Gasteiger partial charge in [-0.3, -0.25) is 9.78 Å². The van der Waals surface area contributed by atoms with Crippen LogP contribution in [0.25, 0.3) is 11.0 Å². The maximum Gasteiger partial charge on any atom is 0.155 e. The molecular formula is C16H19ClN2O. The molecule has 1 aliphatic carbocycles. The van der Waals surface area contributed by atoms with Gasteiger partial charge in [-0.1, -0.05) is 32.4 Å². The Morgan fingerprint density at radius 3 is 2.85 bits per heavy atom. The summed E-state index contributed by atoms with van der Waals surface area (Å²) in [5, 5.41) is 0.386. The van der Waals surface area contributed by atoms with Crippen LogP contribution in [0.2, 0.25) is 5.15 Å². The van der Waals surface area contributed by atoms with Gasteiger partial charge in [0.05, 0.1) is 11.1 Å². The molecule has 0 saturated carbocycles. The lowest BCUT2D eigenvalue weighted by Crippen LogP contribution is -2.27. The number of aromatic nitrogens is 2. The molecular weight excluding hydrogens is 272 g/mol. The Morgan fingerprint density at radius 2 is 2.20 bits per heavy atom. The number of hydrogen-bond donors (Lipinski definition) is 1. The molecule has 2 aromatic rings. The number of aryl methyl sites for hydroxylation is 1. The summed E-state index contributed by atoms with van der Waals surface area (Å²) in [6, 6.07) is 2.12. The maximum absolute atomic E-state index is 11.1. The third-order valence-electron chi connectivity index (χ3n) is 4.47. The fraction of sp³-hybridized carbons (Fsp3) is 0.500. The van der Waals surface area contributed by atoms with Gasteiger partial charge in [0, 0.05) is 5.69 Å². The van der Waals surface area contributed by atoms with Gasteiger partial charge in [0.1, 0.15) is 10.7 Å². The number of rotatable bonds is 1. The molecule has 0 fully saturated rings. The Hall–Kier alpha value is -1.35. The van der Waals surface area contributed by atoms with Crippen LogP contribution in [0.4, 0.5) is 0 Å². The molecule has 3 nitrogen and oxygen atoms in total. The molecule has 2 heterocycles. The molecule has 1 unspecified atom stereocenters. The zero-order valence-corrected chi connectivity index (χ0v) is 12.8. The highest BCUT2D eigenvalue weighted by Gasteiger charge is 2.29. The van der Waals surface area contributed by atoms with E-state index in [9.17, 15) is 4.79 Å². The third kappa shape index (κ3) is 2.14. The fourth-order valence-corrected chi connectivity index (χ4v) is 3.34. The summed E-state index contributed by atoms with van der Waals surface area (Å²) < 4.78 is 0. The van der Waals surface area contributed by atoms with Gasteiger partial charge in [-0.2, -0.15) is 0 Å². The molecule has 0 amide bonds. The van der Waals surface area contributed by atoms with Crippen molar-refractivity contribution in [3.05, 3.63) is 28.0 Å². The van der Waals surface area contributed by atoms with Crippen LogP contribution in [0.15, 0.2) is 6.07 Å². The second-order valence-electron chi connectivity index (χ2n) is 6.77. The number of hydrogen-bond acceptors (Lipinski definition) is 2. The predicted octanol–water partition coefficient (Wildman–Crippen LogP) is 4.18. The number of aldehydes is 1. The SMILES string of the molecule is CC(C)(C)C1CCc2nc3c(C=O)c(Cl)[nH]c3cc2C1. The van der Waals surface area contributed by atoms with Crippen molar-refractivity contribution in [2.75, 3.05) is 0 Å². The minimum atomic E-state index is 0.313. The second-order valence-corrected chi connectivity index (χ2v) is 7.14. The van der Waals surface area contributed by atoms with E-state index in [0.29, 0.717) is 27.6 Å². The summed E-state index contributed by atoms with van der Waals surface area (Å²) in [4.78, 5) is 18.8. The Morgan fingerprint density at radius 1 is 1.45 bits per heavy atom. The first-order valence-corrected chi connectivity index (χ1v) is 7.43. The monoisotopic (exact) mass is 290 g/mol. The summed E-state index contributed by atoms with van der Waals surface area (Å²) >= 11 is 6.05. The van der Waals surface area contributed by atoms with Gasteiger partial charge in [0.25, 0.3) is 0 Å². The molecule has 3 rings (SSSR count). The topological polar surface area (TPSA) is 45.8 Å². The smallest absolute Gasteiger partial charge is 0.155 e. The van der Waals surface area contributed by atoms with Crippen LogP contribution in [0.5, 0.6) is 0 Å². The van der Waals surface area contributed by atoms with Crippen molar-refractivity contribution in [1.29, 1.82) is 0 Å². The molecule has 2 aromatic heterocycles. The molecule has 106 valence electrons. The standard InChI is InChI=1S/C16H19ClN2O/c1-16(2,3)10-4-5-12-9(6-10)7-13-14(18-12)11(8-20)15(17)19-13/h7-8,10,19H,4-6H2,1-3H3. The van der Waals surface area contributed by atoms with Crippen molar-refractivity contribution in [3.8, 4) is 0 Å². The molecule has 20 heavy (non-hydrogen) atoms. The molecule has 0 saturated heterocycles. The fourth-order valence-electron chi connectivity index (χ4n) is 3.10. The summed E-state index contributed by atoms with van der Waals surface area (Å²) in [6.07, 6.45) is 3.97. The van der Waals surface area contributed by atoms with Crippen molar-refractivity contribution in [2.24, 2.45) is 11.3 Å². The number of pyridine rings is 1. The van der Waals surface area contributed by atoms with E-state index in [1.807, 2.05) is 0 Å². The van der Waals surface area contributed by atoms with E-state index in [2.05, 4.69) is 36.8 Å². The van der Waals surface area contributed by atoms with E-state index >= 15 is 0 Å². The number of H-pyrrole nitrogens is 1. The van der Waals surface area contributed by atoms with E-state index in [4.69, 9.17) is 11.6 Å². The Bertz CT molecular complexity index is 682. The van der Waals surface area contributed by atoms with Gasteiger partial charge in [-0.15, -0.1) is 0 Å². The molecule has 1 N–H and O–H groups in total. The number of carbonyl (C=O) groups excluding carboxylic acids is 1. The van der Waals surface area contributed by atoms with Gasteiger partial charge < -0.3 is 4.98 Å². The number of aromatic amines is 1. The summed E-state index contributed by atoms with van der Waals surface area (Å²) in [5.74, 6) is 0.672. The zero-order valence-electron chi connectivity index (χ0n) is 12.1. The minimum Gasteiger partial charge on any atom is -0.344 e. The average molecular weight is 291 g/mol.